The van der Waals surface area contributed by atoms with E-state index >= 15 is 0 Å². The Labute approximate surface area is 102 Å². The number of amides is 1. The predicted octanol–water partition coefficient (Wildman–Crippen LogP) is 0.198. The molecular formula is C10H14N2O4S. The first kappa shape index (κ1) is 13.4. The molecular weight excluding hydrogens is 244 g/mol. The lowest BCUT2D eigenvalue weighted by atomic mass is 10.2. The molecule has 2 N–H and O–H groups in total. The van der Waals surface area contributed by atoms with Crippen LogP contribution in [0.3, 0.4) is 0 Å². The van der Waals surface area contributed by atoms with Crippen LogP contribution in [0.4, 0.5) is 0 Å². The fraction of sp³-hybridized carbons (Fsp3) is 0.500. The predicted molar refractivity (Wildman–Crippen MR) is 63.2 cm³/mol. The van der Waals surface area contributed by atoms with Gasteiger partial charge in [0.15, 0.2) is 0 Å². The van der Waals surface area contributed by atoms with Crippen molar-refractivity contribution in [3.63, 3.8) is 0 Å². The summed E-state index contributed by atoms with van der Waals surface area (Å²) in [5.41, 5.74) is 0.693. The smallest absolute Gasteiger partial charge is 0.326 e. The van der Waals surface area contributed by atoms with Crippen molar-refractivity contribution in [3.8, 4) is 0 Å². The standard InChI is InChI=1S/C10H14N2O4S/c1-3-7(9(14)15)11-8(13)4-12-6(2)5-17-10(12)16/h5,7H,3-4H2,1-2H3,(H,11,13)(H,14,15)/t7-/m0/s1. The molecule has 0 aliphatic carbocycles. The number of carbonyl (C=O) groups excluding carboxylic acids is 1. The van der Waals surface area contributed by atoms with E-state index in [-0.39, 0.29) is 11.4 Å². The number of hydrogen-bond acceptors (Lipinski definition) is 4. The molecule has 0 saturated heterocycles. The quantitative estimate of drug-likeness (QED) is 0.789. The van der Waals surface area contributed by atoms with Gasteiger partial charge in [0, 0.05) is 11.1 Å². The van der Waals surface area contributed by atoms with Crippen molar-refractivity contribution < 1.29 is 14.7 Å². The van der Waals surface area contributed by atoms with E-state index in [1.54, 1.807) is 19.2 Å². The molecule has 0 aromatic carbocycles. The number of thiazole rings is 1. The van der Waals surface area contributed by atoms with Crippen LogP contribution in [0.15, 0.2) is 10.2 Å². The van der Waals surface area contributed by atoms with Gasteiger partial charge in [0.2, 0.25) is 5.91 Å². The van der Waals surface area contributed by atoms with Crippen LogP contribution in [0.5, 0.6) is 0 Å². The van der Waals surface area contributed by atoms with Crippen molar-refractivity contribution in [3.05, 3.63) is 20.7 Å². The molecule has 1 rings (SSSR count). The number of carbonyl (C=O) groups is 2. The molecule has 0 fully saturated rings. The zero-order valence-corrected chi connectivity index (χ0v) is 10.4. The van der Waals surface area contributed by atoms with Gasteiger partial charge in [-0.3, -0.25) is 14.2 Å². The van der Waals surface area contributed by atoms with E-state index < -0.39 is 17.9 Å². The molecule has 17 heavy (non-hydrogen) atoms. The Morgan fingerprint density at radius 3 is 2.65 bits per heavy atom. The van der Waals surface area contributed by atoms with Gasteiger partial charge in [-0.1, -0.05) is 18.3 Å². The van der Waals surface area contributed by atoms with Gasteiger partial charge in [-0.15, -0.1) is 0 Å². The SMILES string of the molecule is CC[C@H](NC(=O)Cn1c(C)csc1=O)C(=O)O. The lowest BCUT2D eigenvalue weighted by molar-refractivity contribution is -0.142. The van der Waals surface area contributed by atoms with E-state index in [4.69, 9.17) is 5.11 Å². The Bertz CT molecular complexity index is 477. The minimum atomic E-state index is -1.07. The number of aliphatic carboxylic acids is 1. The minimum Gasteiger partial charge on any atom is -0.480 e. The third-order valence-corrected chi connectivity index (χ3v) is 3.20. The second-order valence-electron chi connectivity index (χ2n) is 3.60. The van der Waals surface area contributed by atoms with E-state index in [2.05, 4.69) is 5.32 Å². The van der Waals surface area contributed by atoms with Gasteiger partial charge < -0.3 is 10.4 Å². The number of carboxylic acids is 1. The number of nitrogens with zero attached hydrogens (tertiary/aromatic N) is 1. The molecule has 0 saturated carbocycles. The van der Waals surface area contributed by atoms with E-state index in [0.29, 0.717) is 12.1 Å². The van der Waals surface area contributed by atoms with Crippen LogP contribution >= 0.6 is 11.3 Å². The summed E-state index contributed by atoms with van der Waals surface area (Å²) in [4.78, 5) is 33.4. The first-order valence-electron chi connectivity index (χ1n) is 5.12. The van der Waals surface area contributed by atoms with Gasteiger partial charge in [-0.05, 0) is 13.3 Å². The molecule has 0 spiro atoms. The maximum Gasteiger partial charge on any atom is 0.326 e. The fourth-order valence-electron chi connectivity index (χ4n) is 1.32. The van der Waals surface area contributed by atoms with Crippen molar-refractivity contribution in [2.24, 2.45) is 0 Å². The summed E-state index contributed by atoms with van der Waals surface area (Å²) in [5, 5.41) is 12.8. The first-order chi connectivity index (χ1) is 7.95. The van der Waals surface area contributed by atoms with Gasteiger partial charge in [0.25, 0.3) is 0 Å². The number of carboxylic acid groups (broad SMARTS) is 1. The van der Waals surface area contributed by atoms with E-state index in [0.717, 1.165) is 11.3 Å². The van der Waals surface area contributed by atoms with Crippen LogP contribution in [-0.2, 0) is 16.1 Å². The summed E-state index contributed by atoms with van der Waals surface area (Å²) >= 11 is 1.02. The van der Waals surface area contributed by atoms with Crippen LogP contribution < -0.4 is 10.2 Å². The largest absolute Gasteiger partial charge is 0.480 e. The Balaban J connectivity index is 2.68. The molecule has 1 aromatic rings. The summed E-state index contributed by atoms with van der Waals surface area (Å²) in [6, 6.07) is -0.905. The number of hydrogen-bond donors (Lipinski definition) is 2. The maximum atomic E-state index is 11.6. The van der Waals surface area contributed by atoms with Crippen LogP contribution in [-0.4, -0.2) is 27.6 Å². The van der Waals surface area contributed by atoms with Crippen LogP contribution in [0, 0.1) is 6.92 Å². The normalized spacial score (nSPS) is 12.1. The highest BCUT2D eigenvalue weighted by Crippen LogP contribution is 1.99. The number of aromatic nitrogens is 1. The highest BCUT2D eigenvalue weighted by atomic mass is 32.1. The summed E-state index contributed by atoms with van der Waals surface area (Å²) in [7, 11) is 0. The summed E-state index contributed by atoms with van der Waals surface area (Å²) < 4.78 is 1.31. The van der Waals surface area contributed by atoms with Gasteiger partial charge in [-0.2, -0.15) is 0 Å². The Kier molecular flexibility index (Phi) is 4.45. The second-order valence-corrected chi connectivity index (χ2v) is 4.42. The van der Waals surface area contributed by atoms with Crippen LogP contribution in [0.25, 0.3) is 0 Å². The van der Waals surface area contributed by atoms with Crippen LogP contribution in [0.2, 0.25) is 0 Å². The zero-order valence-electron chi connectivity index (χ0n) is 9.60. The third kappa shape index (κ3) is 3.42. The lowest BCUT2D eigenvalue weighted by Crippen LogP contribution is -2.42. The lowest BCUT2D eigenvalue weighted by Gasteiger charge is -2.12. The molecule has 0 aliphatic heterocycles. The molecule has 1 heterocycles. The van der Waals surface area contributed by atoms with Crippen molar-refractivity contribution >= 4 is 23.2 Å². The van der Waals surface area contributed by atoms with Gasteiger partial charge >= 0.3 is 10.8 Å². The second kappa shape index (κ2) is 5.62. The average Bonchev–Trinajstić information content (AvgIpc) is 2.57. The molecule has 0 aliphatic rings. The van der Waals surface area contributed by atoms with Crippen molar-refractivity contribution in [2.45, 2.75) is 32.9 Å². The van der Waals surface area contributed by atoms with E-state index in [1.807, 2.05) is 0 Å². The Morgan fingerprint density at radius 1 is 1.59 bits per heavy atom. The minimum absolute atomic E-state index is 0.141. The molecule has 0 unspecified atom stereocenters. The maximum absolute atomic E-state index is 11.6. The summed E-state index contributed by atoms with van der Waals surface area (Å²) in [6.07, 6.45) is 0.304. The molecule has 6 nitrogen and oxygen atoms in total. The first-order valence-corrected chi connectivity index (χ1v) is 6.00. The van der Waals surface area contributed by atoms with Crippen molar-refractivity contribution in [1.82, 2.24) is 9.88 Å². The number of aryl methyl sites for hydroxylation is 1. The zero-order chi connectivity index (χ0) is 13.0. The van der Waals surface area contributed by atoms with Crippen molar-refractivity contribution in [2.75, 3.05) is 0 Å². The van der Waals surface area contributed by atoms with Gasteiger partial charge in [0.1, 0.15) is 12.6 Å². The summed E-state index contributed by atoms with van der Waals surface area (Å²) in [5.74, 6) is -1.54. The number of nitrogens with one attached hydrogen (secondary N) is 1. The average molecular weight is 258 g/mol. The molecule has 1 aromatic heterocycles. The monoisotopic (exact) mass is 258 g/mol. The molecule has 1 atom stereocenters. The highest BCUT2D eigenvalue weighted by Gasteiger charge is 2.18. The molecule has 0 bridgehead atoms. The van der Waals surface area contributed by atoms with E-state index in [9.17, 15) is 14.4 Å². The third-order valence-electron chi connectivity index (χ3n) is 2.32. The van der Waals surface area contributed by atoms with Crippen molar-refractivity contribution in [1.29, 1.82) is 0 Å². The topological polar surface area (TPSA) is 88.4 Å². The highest BCUT2D eigenvalue weighted by molar-refractivity contribution is 7.07. The van der Waals surface area contributed by atoms with Crippen LogP contribution in [0.1, 0.15) is 19.0 Å². The molecule has 7 heteroatoms. The van der Waals surface area contributed by atoms with E-state index in [1.165, 1.54) is 4.57 Å². The molecule has 0 radical (unpaired) electrons. The molecule has 94 valence electrons. The molecule has 1 amide bonds. The Hall–Kier alpha value is -1.63. The fourth-order valence-corrected chi connectivity index (χ4v) is 2.05. The summed E-state index contributed by atoms with van der Waals surface area (Å²) in [6.45, 7) is 3.25. The van der Waals surface area contributed by atoms with Gasteiger partial charge in [0.05, 0.1) is 0 Å². The Morgan fingerprint density at radius 2 is 2.24 bits per heavy atom. The number of rotatable bonds is 5. The van der Waals surface area contributed by atoms with Gasteiger partial charge in [-0.25, -0.2) is 4.79 Å².